The predicted molar refractivity (Wildman–Crippen MR) is 66.8 cm³/mol. The van der Waals surface area contributed by atoms with E-state index in [1.54, 1.807) is 0 Å². The Morgan fingerprint density at radius 1 is 1.39 bits per heavy atom. The van der Waals surface area contributed by atoms with E-state index in [0.29, 0.717) is 25.9 Å². The average molecular weight is 251 g/mol. The van der Waals surface area contributed by atoms with Gasteiger partial charge in [0.2, 0.25) is 0 Å². The van der Waals surface area contributed by atoms with Crippen molar-refractivity contribution in [2.24, 2.45) is 0 Å². The number of piperidine rings is 1. The van der Waals surface area contributed by atoms with Crippen molar-refractivity contribution < 1.29 is 13.9 Å². The van der Waals surface area contributed by atoms with E-state index in [0.717, 1.165) is 5.56 Å². The second-order valence-electron chi connectivity index (χ2n) is 4.63. The van der Waals surface area contributed by atoms with Crippen LogP contribution in [0.25, 0.3) is 0 Å². The molecule has 0 saturated carbocycles. The van der Waals surface area contributed by atoms with Crippen LogP contribution in [0.2, 0.25) is 0 Å². The maximum atomic E-state index is 13.5. The molecule has 1 aliphatic heterocycles. The number of halogens is 1. The molecule has 0 radical (unpaired) electrons. The highest BCUT2D eigenvalue weighted by Crippen LogP contribution is 2.22. The van der Waals surface area contributed by atoms with Gasteiger partial charge in [0.25, 0.3) is 0 Å². The lowest BCUT2D eigenvalue weighted by atomic mass is 10.00. The fourth-order valence-electron chi connectivity index (χ4n) is 2.39. The summed E-state index contributed by atoms with van der Waals surface area (Å²) in [5.74, 6) is -0.266. The Morgan fingerprint density at radius 2 is 2.11 bits per heavy atom. The second kappa shape index (κ2) is 5.96. The fraction of sp³-hybridized carbons (Fsp3) is 0.500. The molecular weight excluding hydrogens is 233 g/mol. The van der Waals surface area contributed by atoms with Gasteiger partial charge >= 0.3 is 5.97 Å². The van der Waals surface area contributed by atoms with Crippen LogP contribution in [0.15, 0.2) is 30.3 Å². The van der Waals surface area contributed by atoms with Crippen LogP contribution >= 0.6 is 0 Å². The van der Waals surface area contributed by atoms with Gasteiger partial charge in [0.1, 0.15) is 12.2 Å². The predicted octanol–water partition coefficient (Wildman–Crippen LogP) is 2.16. The van der Waals surface area contributed by atoms with E-state index in [4.69, 9.17) is 4.74 Å². The number of carbonyl (C=O) groups excluding carboxylic acids is 1. The van der Waals surface area contributed by atoms with Gasteiger partial charge in [0.15, 0.2) is 0 Å². The summed E-state index contributed by atoms with van der Waals surface area (Å²) in [6, 6.07) is 9.47. The zero-order chi connectivity index (χ0) is 13.0. The van der Waals surface area contributed by atoms with E-state index in [2.05, 4.69) is 0 Å². The molecule has 0 spiro atoms. The third kappa shape index (κ3) is 3.07. The molecule has 4 heteroatoms. The number of likely N-dealkylation sites (tertiary alicyclic amines) is 1. The lowest BCUT2D eigenvalue weighted by Crippen LogP contribution is -2.48. The quantitative estimate of drug-likeness (QED) is 0.771. The Bertz CT molecular complexity index is 396. The molecule has 0 bridgehead atoms. The summed E-state index contributed by atoms with van der Waals surface area (Å²) in [5.41, 5.74) is 1.08. The van der Waals surface area contributed by atoms with E-state index in [-0.39, 0.29) is 12.0 Å². The van der Waals surface area contributed by atoms with Gasteiger partial charge in [-0.2, -0.15) is 0 Å². The number of alkyl halides is 1. The third-order valence-electron chi connectivity index (χ3n) is 3.33. The first-order chi connectivity index (χ1) is 8.70. The molecule has 0 N–H and O–H groups in total. The van der Waals surface area contributed by atoms with E-state index < -0.39 is 6.17 Å². The van der Waals surface area contributed by atoms with Crippen molar-refractivity contribution in [2.45, 2.75) is 31.6 Å². The first-order valence-corrected chi connectivity index (χ1v) is 6.20. The van der Waals surface area contributed by atoms with Gasteiger partial charge in [-0.1, -0.05) is 30.3 Å². The zero-order valence-corrected chi connectivity index (χ0v) is 10.5. The van der Waals surface area contributed by atoms with E-state index in [1.165, 1.54) is 7.11 Å². The van der Waals surface area contributed by atoms with Crippen molar-refractivity contribution in [3.63, 3.8) is 0 Å². The van der Waals surface area contributed by atoms with Gasteiger partial charge in [-0.15, -0.1) is 0 Å². The summed E-state index contributed by atoms with van der Waals surface area (Å²) in [5, 5.41) is 0. The Balaban J connectivity index is 2.08. The number of rotatable bonds is 3. The van der Waals surface area contributed by atoms with Crippen molar-refractivity contribution in [3.8, 4) is 0 Å². The molecule has 3 nitrogen and oxygen atoms in total. The van der Waals surface area contributed by atoms with Crippen molar-refractivity contribution in [2.75, 3.05) is 13.7 Å². The SMILES string of the molecule is COC(=O)[C@H]1CC[C@@H](F)CN1Cc1ccccc1. The van der Waals surface area contributed by atoms with Crippen molar-refractivity contribution in [1.82, 2.24) is 4.90 Å². The van der Waals surface area contributed by atoms with E-state index >= 15 is 0 Å². The van der Waals surface area contributed by atoms with Gasteiger partial charge in [-0.25, -0.2) is 4.39 Å². The highest BCUT2D eigenvalue weighted by molar-refractivity contribution is 5.75. The number of methoxy groups -OCH3 is 1. The van der Waals surface area contributed by atoms with Crippen LogP contribution in [0.3, 0.4) is 0 Å². The molecule has 1 saturated heterocycles. The van der Waals surface area contributed by atoms with Gasteiger partial charge in [-0.05, 0) is 18.4 Å². The zero-order valence-electron chi connectivity index (χ0n) is 10.5. The fourth-order valence-corrected chi connectivity index (χ4v) is 2.39. The topological polar surface area (TPSA) is 29.5 Å². The van der Waals surface area contributed by atoms with Crippen LogP contribution in [-0.4, -0.2) is 36.7 Å². The number of esters is 1. The van der Waals surface area contributed by atoms with Crippen LogP contribution in [0.1, 0.15) is 18.4 Å². The van der Waals surface area contributed by atoms with Gasteiger partial charge in [-0.3, -0.25) is 9.69 Å². The minimum Gasteiger partial charge on any atom is -0.468 e. The van der Waals surface area contributed by atoms with Crippen molar-refractivity contribution >= 4 is 5.97 Å². The highest BCUT2D eigenvalue weighted by atomic mass is 19.1. The Labute approximate surface area is 107 Å². The van der Waals surface area contributed by atoms with Crippen LogP contribution in [-0.2, 0) is 16.1 Å². The molecule has 1 aliphatic rings. The number of hydrogen-bond acceptors (Lipinski definition) is 3. The smallest absolute Gasteiger partial charge is 0.323 e. The summed E-state index contributed by atoms with van der Waals surface area (Å²) < 4.78 is 18.3. The molecule has 0 amide bonds. The van der Waals surface area contributed by atoms with Crippen LogP contribution in [0, 0.1) is 0 Å². The maximum Gasteiger partial charge on any atom is 0.323 e. The maximum absolute atomic E-state index is 13.5. The third-order valence-corrected chi connectivity index (χ3v) is 3.33. The lowest BCUT2D eigenvalue weighted by molar-refractivity contribution is -0.149. The molecule has 0 unspecified atom stereocenters. The first-order valence-electron chi connectivity index (χ1n) is 6.20. The number of nitrogens with zero attached hydrogens (tertiary/aromatic N) is 1. The molecule has 98 valence electrons. The Morgan fingerprint density at radius 3 is 2.78 bits per heavy atom. The average Bonchev–Trinajstić information content (AvgIpc) is 2.39. The molecule has 0 aliphatic carbocycles. The number of ether oxygens (including phenoxy) is 1. The van der Waals surface area contributed by atoms with Gasteiger partial charge in [0, 0.05) is 13.1 Å². The van der Waals surface area contributed by atoms with Crippen LogP contribution in [0.4, 0.5) is 4.39 Å². The van der Waals surface area contributed by atoms with E-state index in [9.17, 15) is 9.18 Å². The molecule has 0 aromatic heterocycles. The summed E-state index contributed by atoms with van der Waals surface area (Å²) in [6.07, 6.45) is 0.112. The van der Waals surface area contributed by atoms with Crippen molar-refractivity contribution in [3.05, 3.63) is 35.9 Å². The molecule has 1 aromatic rings. The van der Waals surface area contributed by atoms with Gasteiger partial charge in [0.05, 0.1) is 7.11 Å². The van der Waals surface area contributed by atoms with Gasteiger partial charge < -0.3 is 4.74 Å². The Hall–Kier alpha value is -1.42. The summed E-state index contributed by atoms with van der Waals surface area (Å²) >= 11 is 0. The molecule has 18 heavy (non-hydrogen) atoms. The van der Waals surface area contributed by atoms with E-state index in [1.807, 2.05) is 35.2 Å². The minimum atomic E-state index is -0.852. The largest absolute Gasteiger partial charge is 0.468 e. The Kier molecular flexibility index (Phi) is 4.31. The normalized spacial score (nSPS) is 24.8. The monoisotopic (exact) mass is 251 g/mol. The molecule has 1 aromatic carbocycles. The van der Waals surface area contributed by atoms with Crippen molar-refractivity contribution in [1.29, 1.82) is 0 Å². The summed E-state index contributed by atoms with van der Waals surface area (Å²) in [7, 11) is 1.38. The van der Waals surface area contributed by atoms with Crippen LogP contribution in [0.5, 0.6) is 0 Å². The second-order valence-corrected chi connectivity index (χ2v) is 4.63. The lowest BCUT2D eigenvalue weighted by Gasteiger charge is -2.35. The summed E-state index contributed by atoms with van der Waals surface area (Å²) in [4.78, 5) is 13.6. The number of carbonyl (C=O) groups is 1. The number of benzene rings is 1. The number of hydrogen-bond donors (Lipinski definition) is 0. The first kappa shape index (κ1) is 13.0. The molecule has 1 heterocycles. The highest BCUT2D eigenvalue weighted by Gasteiger charge is 2.33. The molecule has 2 rings (SSSR count). The minimum absolute atomic E-state index is 0.266. The molecule has 1 fully saturated rings. The standard InChI is InChI=1S/C14H18FNO2/c1-18-14(17)13-8-7-12(15)10-16(13)9-11-5-3-2-4-6-11/h2-6,12-13H,7-10H2,1H3/t12-,13-/m1/s1. The summed E-state index contributed by atoms with van der Waals surface area (Å²) in [6.45, 7) is 0.885. The molecular formula is C14H18FNO2. The molecule has 2 atom stereocenters. The van der Waals surface area contributed by atoms with Crippen LogP contribution < -0.4 is 0 Å².